The highest BCUT2D eigenvalue weighted by Crippen LogP contribution is 2.16. The van der Waals surface area contributed by atoms with Crippen molar-refractivity contribution in [3.05, 3.63) is 18.7 Å². The van der Waals surface area contributed by atoms with Gasteiger partial charge in [-0.3, -0.25) is 4.79 Å². The molecule has 1 aliphatic rings. The van der Waals surface area contributed by atoms with Gasteiger partial charge in [-0.05, 0) is 38.8 Å². The Balaban J connectivity index is 1.66. The highest BCUT2D eigenvalue weighted by molar-refractivity contribution is 5.79. The Labute approximate surface area is 126 Å². The summed E-state index contributed by atoms with van der Waals surface area (Å²) in [5.74, 6) is 0.651. The van der Waals surface area contributed by atoms with Crippen LogP contribution in [0.25, 0.3) is 0 Å². The van der Waals surface area contributed by atoms with E-state index in [0.717, 1.165) is 45.6 Å². The number of hydrogen-bond acceptors (Lipinski definition) is 4. The average Bonchev–Trinajstić information content (AvgIpc) is 3.05. The molecule has 0 aliphatic carbocycles. The summed E-state index contributed by atoms with van der Waals surface area (Å²) in [6.07, 6.45) is 7.48. The molecule has 1 aromatic heterocycles. The number of carbonyl (C=O) groups excluding carboxylic acids is 1. The predicted octanol–water partition coefficient (Wildman–Crippen LogP) is 0.919. The largest absolute Gasteiger partial charge is 0.383 e. The van der Waals surface area contributed by atoms with Crippen molar-refractivity contribution in [3.63, 3.8) is 0 Å². The molecule has 0 saturated carbocycles. The van der Waals surface area contributed by atoms with Crippen molar-refractivity contribution in [3.8, 4) is 0 Å². The molecule has 1 saturated heterocycles. The Bertz CT molecular complexity index is 413. The zero-order chi connectivity index (χ0) is 15.1. The molecule has 21 heavy (non-hydrogen) atoms. The van der Waals surface area contributed by atoms with Crippen molar-refractivity contribution in [2.75, 3.05) is 39.9 Å². The lowest BCUT2D eigenvalue weighted by Crippen LogP contribution is -2.41. The summed E-state index contributed by atoms with van der Waals surface area (Å²) in [4.78, 5) is 18.5. The third kappa shape index (κ3) is 4.82. The number of amides is 1. The fourth-order valence-corrected chi connectivity index (χ4v) is 2.66. The van der Waals surface area contributed by atoms with Crippen molar-refractivity contribution >= 4 is 5.91 Å². The van der Waals surface area contributed by atoms with Gasteiger partial charge in [0.15, 0.2) is 0 Å². The van der Waals surface area contributed by atoms with Crippen LogP contribution < -0.4 is 5.32 Å². The Morgan fingerprint density at radius 1 is 1.48 bits per heavy atom. The van der Waals surface area contributed by atoms with Gasteiger partial charge in [0.05, 0.1) is 12.9 Å². The van der Waals surface area contributed by atoms with E-state index >= 15 is 0 Å². The van der Waals surface area contributed by atoms with Crippen molar-refractivity contribution in [1.29, 1.82) is 0 Å². The Morgan fingerprint density at radius 2 is 2.24 bits per heavy atom. The quantitative estimate of drug-likeness (QED) is 0.812. The monoisotopic (exact) mass is 294 g/mol. The van der Waals surface area contributed by atoms with E-state index in [0.29, 0.717) is 5.92 Å². The van der Waals surface area contributed by atoms with Gasteiger partial charge < -0.3 is 19.5 Å². The SMILES string of the molecule is COCCN1CCC(CNC(=O)C(C)n2ccnc2)CC1. The lowest BCUT2D eigenvalue weighted by molar-refractivity contribution is -0.124. The second-order valence-electron chi connectivity index (χ2n) is 5.71. The first-order chi connectivity index (χ1) is 10.2. The first-order valence-electron chi connectivity index (χ1n) is 7.67. The molecule has 0 spiro atoms. The predicted molar refractivity (Wildman–Crippen MR) is 81.0 cm³/mol. The van der Waals surface area contributed by atoms with E-state index in [4.69, 9.17) is 4.74 Å². The molecule has 1 N–H and O–H groups in total. The number of carbonyl (C=O) groups is 1. The highest BCUT2D eigenvalue weighted by atomic mass is 16.5. The molecule has 1 aromatic rings. The summed E-state index contributed by atoms with van der Waals surface area (Å²) in [5.41, 5.74) is 0. The van der Waals surface area contributed by atoms with Crippen molar-refractivity contribution < 1.29 is 9.53 Å². The molecular formula is C15H26N4O2. The van der Waals surface area contributed by atoms with Crippen LogP contribution >= 0.6 is 0 Å². The van der Waals surface area contributed by atoms with E-state index in [2.05, 4.69) is 15.2 Å². The molecule has 0 bridgehead atoms. The van der Waals surface area contributed by atoms with E-state index in [9.17, 15) is 4.79 Å². The number of hydrogen-bond donors (Lipinski definition) is 1. The van der Waals surface area contributed by atoms with Crippen LogP contribution in [-0.2, 0) is 9.53 Å². The van der Waals surface area contributed by atoms with Crippen LogP contribution in [0.1, 0.15) is 25.8 Å². The normalized spacial score (nSPS) is 18.6. The maximum Gasteiger partial charge on any atom is 0.242 e. The van der Waals surface area contributed by atoms with Crippen LogP contribution in [0.15, 0.2) is 18.7 Å². The number of aromatic nitrogens is 2. The topological polar surface area (TPSA) is 59.4 Å². The minimum Gasteiger partial charge on any atom is -0.383 e. The van der Waals surface area contributed by atoms with Crippen LogP contribution in [0.5, 0.6) is 0 Å². The van der Waals surface area contributed by atoms with Gasteiger partial charge in [-0.15, -0.1) is 0 Å². The van der Waals surface area contributed by atoms with Crippen molar-refractivity contribution in [1.82, 2.24) is 19.8 Å². The Kier molecular flexibility index (Phi) is 6.20. The highest BCUT2D eigenvalue weighted by Gasteiger charge is 2.21. The van der Waals surface area contributed by atoms with Gasteiger partial charge >= 0.3 is 0 Å². The first-order valence-corrected chi connectivity index (χ1v) is 7.67. The molecule has 1 fully saturated rings. The lowest BCUT2D eigenvalue weighted by Gasteiger charge is -2.32. The van der Waals surface area contributed by atoms with Crippen molar-refractivity contribution in [2.45, 2.75) is 25.8 Å². The minimum atomic E-state index is -0.200. The molecule has 1 unspecified atom stereocenters. The fourth-order valence-electron chi connectivity index (χ4n) is 2.66. The summed E-state index contributed by atoms with van der Waals surface area (Å²) in [5, 5.41) is 3.07. The van der Waals surface area contributed by atoms with Crippen LogP contribution in [-0.4, -0.2) is 60.3 Å². The third-order valence-electron chi connectivity index (χ3n) is 4.24. The smallest absolute Gasteiger partial charge is 0.242 e. The maximum absolute atomic E-state index is 12.1. The number of nitrogens with zero attached hydrogens (tertiary/aromatic N) is 3. The zero-order valence-electron chi connectivity index (χ0n) is 13.0. The zero-order valence-corrected chi connectivity index (χ0v) is 13.0. The molecule has 1 amide bonds. The van der Waals surface area contributed by atoms with Crippen molar-refractivity contribution in [2.24, 2.45) is 5.92 Å². The van der Waals surface area contributed by atoms with Gasteiger partial charge in [-0.25, -0.2) is 4.98 Å². The summed E-state index contributed by atoms with van der Waals surface area (Å²) in [6.45, 7) is 6.67. The number of likely N-dealkylation sites (tertiary alicyclic amines) is 1. The van der Waals surface area contributed by atoms with Gasteiger partial charge in [-0.1, -0.05) is 0 Å². The van der Waals surface area contributed by atoms with E-state index in [1.165, 1.54) is 0 Å². The number of imidazole rings is 1. The Hall–Kier alpha value is -1.40. The summed E-state index contributed by atoms with van der Waals surface area (Å²) in [7, 11) is 1.74. The van der Waals surface area contributed by atoms with E-state index in [1.54, 1.807) is 19.6 Å². The fraction of sp³-hybridized carbons (Fsp3) is 0.733. The second kappa shape index (κ2) is 8.14. The summed E-state index contributed by atoms with van der Waals surface area (Å²) < 4.78 is 6.93. The molecule has 1 aliphatic heterocycles. The molecule has 0 aromatic carbocycles. The number of rotatable bonds is 7. The number of methoxy groups -OCH3 is 1. The lowest BCUT2D eigenvalue weighted by atomic mass is 9.96. The van der Waals surface area contributed by atoms with Gasteiger partial charge in [0.25, 0.3) is 0 Å². The van der Waals surface area contributed by atoms with Gasteiger partial charge in [0, 0.05) is 32.6 Å². The molecular weight excluding hydrogens is 268 g/mol. The van der Waals surface area contributed by atoms with Gasteiger partial charge in [-0.2, -0.15) is 0 Å². The number of ether oxygens (including phenoxy) is 1. The molecule has 118 valence electrons. The number of nitrogens with one attached hydrogen (secondary N) is 1. The molecule has 0 radical (unpaired) electrons. The standard InChI is InChI=1S/C15H26N4O2/c1-13(19-8-5-16-12-19)15(20)17-11-14-3-6-18(7-4-14)9-10-21-2/h5,8,12-14H,3-4,6-7,9-11H2,1-2H3,(H,17,20). The van der Waals surface area contributed by atoms with E-state index in [-0.39, 0.29) is 11.9 Å². The average molecular weight is 294 g/mol. The maximum atomic E-state index is 12.1. The van der Waals surface area contributed by atoms with E-state index < -0.39 is 0 Å². The van der Waals surface area contributed by atoms with Crippen LogP contribution in [0, 0.1) is 5.92 Å². The summed E-state index contributed by atoms with van der Waals surface area (Å²) >= 11 is 0. The third-order valence-corrected chi connectivity index (χ3v) is 4.24. The van der Waals surface area contributed by atoms with Crippen LogP contribution in [0.2, 0.25) is 0 Å². The van der Waals surface area contributed by atoms with Crippen LogP contribution in [0.4, 0.5) is 0 Å². The Morgan fingerprint density at radius 3 is 2.86 bits per heavy atom. The molecule has 6 nitrogen and oxygen atoms in total. The molecule has 1 atom stereocenters. The van der Waals surface area contributed by atoms with Gasteiger partial charge in [0.2, 0.25) is 5.91 Å². The molecule has 2 heterocycles. The number of piperidine rings is 1. The summed E-state index contributed by atoms with van der Waals surface area (Å²) in [6, 6.07) is -0.200. The second-order valence-corrected chi connectivity index (χ2v) is 5.71. The van der Waals surface area contributed by atoms with Crippen LogP contribution in [0.3, 0.4) is 0 Å². The first kappa shape index (κ1) is 16.0. The van der Waals surface area contributed by atoms with E-state index in [1.807, 2.05) is 17.7 Å². The molecule has 2 rings (SSSR count). The minimum absolute atomic E-state index is 0.0646. The molecule has 6 heteroatoms. The van der Waals surface area contributed by atoms with Gasteiger partial charge in [0.1, 0.15) is 6.04 Å².